The van der Waals surface area contributed by atoms with Gasteiger partial charge in [0.05, 0.1) is 32.2 Å². The second-order valence-corrected chi connectivity index (χ2v) is 9.28. The Morgan fingerprint density at radius 2 is 1.33 bits per heavy atom. The molecule has 0 aromatic heterocycles. The standard InChI is InChI=1S/C31H35N3O5/c1-3-23(2)38-31-28(33-34-32)30(37-21-26-17-11-6-12-18-26)29(36-20-25-15-9-5-10-16-25)27(39-31)22-35-19-24-13-7-4-8-14-24/h3-18,27-31H,19-22H2,1-2H3/b23-3-/t27-,28-,29+,30-,31-/m1/s1. The van der Waals surface area contributed by atoms with Crippen molar-refractivity contribution in [2.45, 2.75) is 64.3 Å². The molecule has 0 aliphatic carbocycles. The number of benzene rings is 3. The summed E-state index contributed by atoms with van der Waals surface area (Å²) in [6.07, 6.45) is -0.836. The first-order chi connectivity index (χ1) is 19.2. The highest BCUT2D eigenvalue weighted by molar-refractivity contribution is 5.15. The average Bonchev–Trinajstić information content (AvgIpc) is 2.98. The molecule has 4 rings (SSSR count). The second-order valence-electron chi connectivity index (χ2n) is 9.28. The van der Waals surface area contributed by atoms with E-state index < -0.39 is 30.6 Å². The van der Waals surface area contributed by atoms with Crippen LogP contribution in [0, 0.1) is 0 Å². The normalized spacial score (nSPS) is 23.1. The summed E-state index contributed by atoms with van der Waals surface area (Å²) in [5, 5.41) is 4.07. The fourth-order valence-corrected chi connectivity index (χ4v) is 4.35. The third kappa shape index (κ3) is 8.42. The molecule has 3 aromatic rings. The lowest BCUT2D eigenvalue weighted by molar-refractivity contribution is -0.277. The zero-order chi connectivity index (χ0) is 27.3. The van der Waals surface area contributed by atoms with Crippen molar-refractivity contribution in [2.75, 3.05) is 6.61 Å². The first kappa shape index (κ1) is 28.4. The molecule has 39 heavy (non-hydrogen) atoms. The van der Waals surface area contributed by atoms with Gasteiger partial charge in [-0.15, -0.1) is 0 Å². The zero-order valence-electron chi connectivity index (χ0n) is 22.3. The summed E-state index contributed by atoms with van der Waals surface area (Å²) in [5.41, 5.74) is 12.5. The van der Waals surface area contributed by atoms with Crippen LogP contribution >= 0.6 is 0 Å². The highest BCUT2D eigenvalue weighted by Crippen LogP contribution is 2.32. The minimum Gasteiger partial charge on any atom is -0.469 e. The van der Waals surface area contributed by atoms with Crippen molar-refractivity contribution >= 4 is 0 Å². The number of allylic oxidation sites excluding steroid dienone is 2. The minimum atomic E-state index is -0.875. The number of azide groups is 1. The summed E-state index contributed by atoms with van der Waals surface area (Å²) in [6.45, 7) is 4.99. The van der Waals surface area contributed by atoms with Crippen LogP contribution in [-0.4, -0.2) is 37.3 Å². The molecule has 5 atom stereocenters. The number of hydrogen-bond acceptors (Lipinski definition) is 6. The van der Waals surface area contributed by atoms with Gasteiger partial charge < -0.3 is 23.7 Å². The Morgan fingerprint density at radius 3 is 1.85 bits per heavy atom. The molecule has 204 valence electrons. The third-order valence-electron chi connectivity index (χ3n) is 6.47. The summed E-state index contributed by atoms with van der Waals surface area (Å²) in [6, 6.07) is 28.9. The van der Waals surface area contributed by atoms with E-state index in [1.807, 2.05) is 111 Å². The molecule has 1 saturated heterocycles. The van der Waals surface area contributed by atoms with Gasteiger partial charge in [0.25, 0.3) is 0 Å². The quantitative estimate of drug-likeness (QED) is 0.106. The average molecular weight is 530 g/mol. The van der Waals surface area contributed by atoms with Crippen molar-refractivity contribution in [2.24, 2.45) is 5.11 Å². The molecule has 1 fully saturated rings. The molecule has 0 amide bonds. The van der Waals surface area contributed by atoms with Crippen LogP contribution in [0.1, 0.15) is 30.5 Å². The van der Waals surface area contributed by atoms with Gasteiger partial charge in [-0.25, -0.2) is 0 Å². The fourth-order valence-electron chi connectivity index (χ4n) is 4.35. The largest absolute Gasteiger partial charge is 0.469 e. The van der Waals surface area contributed by atoms with E-state index in [0.29, 0.717) is 25.6 Å². The Kier molecular flexibility index (Phi) is 11.0. The number of rotatable bonds is 13. The van der Waals surface area contributed by atoms with Gasteiger partial charge in [-0.3, -0.25) is 0 Å². The van der Waals surface area contributed by atoms with E-state index in [0.717, 1.165) is 16.7 Å². The Labute approximate surface area is 229 Å². The lowest BCUT2D eigenvalue weighted by atomic mass is 9.96. The molecule has 1 heterocycles. The fraction of sp³-hybridized carbons (Fsp3) is 0.355. The maximum atomic E-state index is 9.47. The monoisotopic (exact) mass is 529 g/mol. The van der Waals surface area contributed by atoms with Crippen LogP contribution in [0.4, 0.5) is 0 Å². The SMILES string of the molecule is C/C=C(/C)O[C@@H]1O[C@H](COCc2ccccc2)[C@H](OCc2ccccc2)[C@H](OCc2ccccc2)[C@H]1N=[N+]=[N-]. The summed E-state index contributed by atoms with van der Waals surface area (Å²) in [7, 11) is 0. The smallest absolute Gasteiger partial charge is 0.210 e. The molecule has 0 saturated carbocycles. The van der Waals surface area contributed by atoms with Gasteiger partial charge in [0.1, 0.15) is 24.4 Å². The molecule has 0 spiro atoms. The first-order valence-electron chi connectivity index (χ1n) is 13.1. The minimum absolute atomic E-state index is 0.233. The molecule has 0 bridgehead atoms. The molecule has 1 aliphatic heterocycles. The Morgan fingerprint density at radius 1 is 0.821 bits per heavy atom. The van der Waals surface area contributed by atoms with Crippen molar-refractivity contribution in [1.29, 1.82) is 0 Å². The predicted octanol–water partition coefficient (Wildman–Crippen LogP) is 6.72. The van der Waals surface area contributed by atoms with Gasteiger partial charge in [-0.2, -0.15) is 0 Å². The molecule has 8 nitrogen and oxygen atoms in total. The zero-order valence-corrected chi connectivity index (χ0v) is 22.3. The number of ether oxygens (including phenoxy) is 5. The van der Waals surface area contributed by atoms with Gasteiger partial charge in [0.15, 0.2) is 0 Å². The Hall–Kier alpha value is -3.65. The highest BCUT2D eigenvalue weighted by atomic mass is 16.7. The summed E-state index contributed by atoms with van der Waals surface area (Å²) >= 11 is 0. The van der Waals surface area contributed by atoms with E-state index >= 15 is 0 Å². The third-order valence-corrected chi connectivity index (χ3v) is 6.47. The van der Waals surface area contributed by atoms with Crippen LogP contribution in [-0.2, 0) is 43.5 Å². The van der Waals surface area contributed by atoms with Gasteiger partial charge in [0, 0.05) is 4.91 Å². The van der Waals surface area contributed by atoms with E-state index in [9.17, 15) is 5.53 Å². The highest BCUT2D eigenvalue weighted by Gasteiger charge is 2.48. The van der Waals surface area contributed by atoms with Crippen molar-refractivity contribution in [3.63, 3.8) is 0 Å². The van der Waals surface area contributed by atoms with Crippen LogP contribution in [0.25, 0.3) is 10.4 Å². The number of hydrogen-bond donors (Lipinski definition) is 0. The summed E-state index contributed by atoms with van der Waals surface area (Å²) in [4.78, 5) is 3.11. The van der Waals surface area contributed by atoms with E-state index in [4.69, 9.17) is 23.7 Å². The van der Waals surface area contributed by atoms with Crippen molar-refractivity contribution in [3.05, 3.63) is 130 Å². The van der Waals surface area contributed by atoms with Crippen LogP contribution in [0.5, 0.6) is 0 Å². The van der Waals surface area contributed by atoms with Gasteiger partial charge in [0.2, 0.25) is 6.29 Å². The van der Waals surface area contributed by atoms with Crippen molar-refractivity contribution in [3.8, 4) is 0 Å². The summed E-state index contributed by atoms with van der Waals surface area (Å²) < 4.78 is 31.5. The van der Waals surface area contributed by atoms with E-state index in [1.165, 1.54) is 0 Å². The lowest BCUT2D eigenvalue weighted by Gasteiger charge is -2.44. The second kappa shape index (κ2) is 15.1. The van der Waals surface area contributed by atoms with Crippen molar-refractivity contribution < 1.29 is 23.7 Å². The topological polar surface area (TPSA) is 94.9 Å². The van der Waals surface area contributed by atoms with Gasteiger partial charge in [-0.1, -0.05) is 96.1 Å². The molecule has 0 N–H and O–H groups in total. The first-order valence-corrected chi connectivity index (χ1v) is 13.1. The maximum absolute atomic E-state index is 9.47. The van der Waals surface area contributed by atoms with E-state index in [2.05, 4.69) is 10.0 Å². The van der Waals surface area contributed by atoms with Gasteiger partial charge in [-0.05, 0) is 42.1 Å². The molecule has 3 aromatic carbocycles. The van der Waals surface area contributed by atoms with Crippen LogP contribution in [0.15, 0.2) is 108 Å². The molecule has 0 unspecified atom stereocenters. The van der Waals surface area contributed by atoms with E-state index in [-0.39, 0.29) is 6.61 Å². The lowest BCUT2D eigenvalue weighted by Crippen LogP contribution is -2.60. The summed E-state index contributed by atoms with van der Waals surface area (Å²) in [5.74, 6) is 0.646. The van der Waals surface area contributed by atoms with Crippen LogP contribution in [0.2, 0.25) is 0 Å². The van der Waals surface area contributed by atoms with Crippen molar-refractivity contribution in [1.82, 2.24) is 0 Å². The Bertz CT molecular complexity index is 1200. The molecule has 8 heteroatoms. The van der Waals surface area contributed by atoms with Crippen LogP contribution in [0.3, 0.4) is 0 Å². The Balaban J connectivity index is 1.61. The van der Waals surface area contributed by atoms with Crippen LogP contribution < -0.4 is 0 Å². The molecule has 0 radical (unpaired) electrons. The van der Waals surface area contributed by atoms with Gasteiger partial charge >= 0.3 is 0 Å². The molecule has 1 aliphatic rings. The van der Waals surface area contributed by atoms with E-state index in [1.54, 1.807) is 0 Å². The predicted molar refractivity (Wildman–Crippen MR) is 148 cm³/mol. The maximum Gasteiger partial charge on any atom is 0.210 e. The number of nitrogens with zero attached hydrogens (tertiary/aromatic N) is 3. The molecular formula is C31H35N3O5. The molecular weight excluding hydrogens is 494 g/mol.